The van der Waals surface area contributed by atoms with Crippen molar-refractivity contribution >= 4 is 5.97 Å². The molecule has 2 aromatic rings. The topological polar surface area (TPSA) is 38.8 Å². The SMILES string of the molecule is C=C(C(C)COCc1ccccc1)[C@H](CCC(F)(F)F)N1CC[C@@H](CC(=O)OC)C[C@H]1c1ccc(C(F)(F)F)cc1. The van der Waals surface area contributed by atoms with Crippen LogP contribution in [0.2, 0.25) is 0 Å². The number of esters is 1. The molecule has 4 atom stereocenters. The second-order valence-electron chi connectivity index (χ2n) is 10.7. The van der Waals surface area contributed by atoms with Crippen LogP contribution >= 0.6 is 0 Å². The van der Waals surface area contributed by atoms with Gasteiger partial charge < -0.3 is 9.47 Å². The first kappa shape index (κ1) is 32.7. The van der Waals surface area contributed by atoms with Gasteiger partial charge in [-0.1, -0.05) is 61.5 Å². The highest BCUT2D eigenvalue weighted by molar-refractivity contribution is 5.69. The van der Waals surface area contributed by atoms with Crippen molar-refractivity contribution in [3.63, 3.8) is 0 Å². The van der Waals surface area contributed by atoms with Gasteiger partial charge in [0.15, 0.2) is 0 Å². The summed E-state index contributed by atoms with van der Waals surface area (Å²) in [7, 11) is 1.28. The van der Waals surface area contributed by atoms with Gasteiger partial charge >= 0.3 is 18.3 Å². The molecule has 1 aliphatic rings. The maximum atomic E-state index is 13.4. The van der Waals surface area contributed by atoms with E-state index in [1.54, 1.807) is 0 Å². The number of rotatable bonds is 12. The second-order valence-corrected chi connectivity index (χ2v) is 10.7. The molecule has 0 aliphatic carbocycles. The van der Waals surface area contributed by atoms with Gasteiger partial charge in [0.05, 0.1) is 25.9 Å². The van der Waals surface area contributed by atoms with E-state index in [-0.39, 0.29) is 31.3 Å². The van der Waals surface area contributed by atoms with Crippen LogP contribution < -0.4 is 0 Å². The van der Waals surface area contributed by atoms with E-state index in [0.717, 1.165) is 17.7 Å². The highest BCUT2D eigenvalue weighted by Crippen LogP contribution is 2.42. The Hall–Kier alpha value is -2.85. The van der Waals surface area contributed by atoms with Gasteiger partial charge in [0, 0.05) is 30.8 Å². The second kappa shape index (κ2) is 14.4. The number of carbonyl (C=O) groups is 1. The summed E-state index contributed by atoms with van der Waals surface area (Å²) in [6.07, 6.45) is -9.15. The van der Waals surface area contributed by atoms with Gasteiger partial charge in [0.1, 0.15) is 0 Å². The Labute approximate surface area is 237 Å². The third kappa shape index (κ3) is 9.88. The van der Waals surface area contributed by atoms with Crippen molar-refractivity contribution in [1.29, 1.82) is 0 Å². The Morgan fingerprint density at radius 1 is 1.05 bits per heavy atom. The van der Waals surface area contributed by atoms with Crippen LogP contribution in [0.15, 0.2) is 66.7 Å². The lowest BCUT2D eigenvalue weighted by atomic mass is 9.81. The number of benzene rings is 2. The van der Waals surface area contributed by atoms with Crippen LogP contribution in [0, 0.1) is 11.8 Å². The van der Waals surface area contributed by atoms with E-state index in [0.29, 0.717) is 37.1 Å². The third-order valence-electron chi connectivity index (χ3n) is 7.70. The molecule has 0 bridgehead atoms. The van der Waals surface area contributed by atoms with Gasteiger partial charge in [-0.15, -0.1) is 0 Å². The molecule has 0 amide bonds. The minimum Gasteiger partial charge on any atom is -0.469 e. The molecule has 1 unspecified atom stereocenters. The number of piperidine rings is 1. The maximum absolute atomic E-state index is 13.4. The number of alkyl halides is 6. The average molecular weight is 586 g/mol. The van der Waals surface area contributed by atoms with Crippen LogP contribution in [0.4, 0.5) is 26.3 Å². The fraction of sp³-hybridized carbons (Fsp3) is 0.516. The summed E-state index contributed by atoms with van der Waals surface area (Å²) < 4.78 is 90.7. The largest absolute Gasteiger partial charge is 0.469 e. The summed E-state index contributed by atoms with van der Waals surface area (Å²) >= 11 is 0. The van der Waals surface area contributed by atoms with Gasteiger partial charge in [-0.25, -0.2) is 0 Å². The molecule has 0 spiro atoms. The lowest BCUT2D eigenvalue weighted by Crippen LogP contribution is -2.46. The molecule has 10 heteroatoms. The Bertz CT molecular complexity index is 1120. The first-order valence-corrected chi connectivity index (χ1v) is 13.6. The monoisotopic (exact) mass is 585 g/mol. The number of likely N-dealkylation sites (tertiary alicyclic amines) is 1. The summed E-state index contributed by atoms with van der Waals surface area (Å²) in [5.41, 5.74) is 1.28. The van der Waals surface area contributed by atoms with E-state index in [1.807, 2.05) is 42.2 Å². The van der Waals surface area contributed by atoms with E-state index in [9.17, 15) is 31.1 Å². The van der Waals surface area contributed by atoms with Crippen molar-refractivity contribution in [3.8, 4) is 0 Å². The first-order chi connectivity index (χ1) is 19.3. The first-order valence-electron chi connectivity index (χ1n) is 13.6. The molecule has 1 heterocycles. The fourth-order valence-electron chi connectivity index (χ4n) is 5.38. The normalized spacial score (nSPS) is 19.9. The summed E-state index contributed by atoms with van der Waals surface area (Å²) in [6.45, 7) is 7.00. The van der Waals surface area contributed by atoms with E-state index >= 15 is 0 Å². The third-order valence-corrected chi connectivity index (χ3v) is 7.70. The predicted octanol–water partition coefficient (Wildman–Crippen LogP) is 8.14. The Morgan fingerprint density at radius 2 is 1.71 bits per heavy atom. The fourth-order valence-corrected chi connectivity index (χ4v) is 5.38. The predicted molar refractivity (Wildman–Crippen MR) is 144 cm³/mol. The number of carbonyl (C=O) groups excluding carboxylic acids is 1. The van der Waals surface area contributed by atoms with Crippen LogP contribution in [0.1, 0.15) is 61.8 Å². The molecule has 226 valence electrons. The quantitative estimate of drug-likeness (QED) is 0.143. The molecular formula is C31H37F6NO3. The van der Waals surface area contributed by atoms with Gasteiger partial charge in [0.25, 0.3) is 0 Å². The number of hydrogen-bond donors (Lipinski definition) is 0. The van der Waals surface area contributed by atoms with Crippen molar-refractivity contribution in [2.24, 2.45) is 11.8 Å². The number of hydrogen-bond acceptors (Lipinski definition) is 4. The van der Waals surface area contributed by atoms with Gasteiger partial charge in [0.2, 0.25) is 0 Å². The summed E-state index contributed by atoms with van der Waals surface area (Å²) in [4.78, 5) is 13.9. The van der Waals surface area contributed by atoms with Crippen LogP contribution in [0.5, 0.6) is 0 Å². The molecule has 0 aromatic heterocycles. The number of nitrogens with zero attached hydrogens (tertiary/aromatic N) is 1. The Morgan fingerprint density at radius 3 is 2.29 bits per heavy atom. The minimum absolute atomic E-state index is 0.124. The highest BCUT2D eigenvalue weighted by Gasteiger charge is 2.39. The van der Waals surface area contributed by atoms with E-state index < -0.39 is 42.4 Å². The average Bonchev–Trinajstić information content (AvgIpc) is 2.93. The summed E-state index contributed by atoms with van der Waals surface area (Å²) in [6, 6.07) is 13.0. The molecular weight excluding hydrogens is 548 g/mol. The molecule has 0 radical (unpaired) electrons. The van der Waals surface area contributed by atoms with Crippen molar-refractivity contribution in [3.05, 3.63) is 83.4 Å². The summed E-state index contributed by atoms with van der Waals surface area (Å²) in [5.74, 6) is -0.816. The van der Waals surface area contributed by atoms with Crippen molar-refractivity contribution in [2.45, 2.75) is 70.1 Å². The smallest absolute Gasteiger partial charge is 0.416 e. The van der Waals surface area contributed by atoms with Crippen LogP contribution in [-0.2, 0) is 27.1 Å². The summed E-state index contributed by atoms with van der Waals surface area (Å²) in [5, 5.41) is 0. The molecule has 1 saturated heterocycles. The van der Waals surface area contributed by atoms with Crippen LogP contribution in [-0.4, -0.2) is 43.3 Å². The molecule has 2 aromatic carbocycles. The van der Waals surface area contributed by atoms with Crippen molar-refractivity contribution in [1.82, 2.24) is 4.90 Å². The van der Waals surface area contributed by atoms with E-state index in [2.05, 4.69) is 6.58 Å². The van der Waals surface area contributed by atoms with Gasteiger partial charge in [-0.2, -0.15) is 26.3 Å². The zero-order valence-electron chi connectivity index (χ0n) is 23.3. The molecule has 1 aliphatic heterocycles. The highest BCUT2D eigenvalue weighted by atomic mass is 19.4. The minimum atomic E-state index is -4.52. The maximum Gasteiger partial charge on any atom is 0.416 e. The van der Waals surface area contributed by atoms with Gasteiger partial charge in [-0.3, -0.25) is 9.69 Å². The zero-order chi connectivity index (χ0) is 30.2. The Kier molecular flexibility index (Phi) is 11.4. The van der Waals surface area contributed by atoms with Crippen LogP contribution in [0.25, 0.3) is 0 Å². The molecule has 0 saturated carbocycles. The Balaban J connectivity index is 1.86. The molecule has 41 heavy (non-hydrogen) atoms. The zero-order valence-corrected chi connectivity index (χ0v) is 23.3. The molecule has 3 rings (SSSR count). The molecule has 0 N–H and O–H groups in total. The van der Waals surface area contributed by atoms with Crippen molar-refractivity contribution in [2.75, 3.05) is 20.3 Å². The number of halogens is 6. The lowest BCUT2D eigenvalue weighted by molar-refractivity contribution is -0.143. The molecule has 1 fully saturated rings. The number of ether oxygens (including phenoxy) is 2. The standard InChI is InChI=1S/C31H37F6NO3/c1-21(19-41-20-23-7-5-4-6-8-23)22(2)27(13-15-30(32,33)34)38-16-14-24(18-29(39)40-3)17-28(38)25-9-11-26(12-10-25)31(35,36)37/h4-12,21,24,27-28H,2,13-20H2,1,3H3/t21?,24-,27+,28+/m1/s1. The van der Waals surface area contributed by atoms with Crippen molar-refractivity contribution < 1.29 is 40.6 Å². The van der Waals surface area contributed by atoms with E-state index in [4.69, 9.17) is 9.47 Å². The molecule has 4 nitrogen and oxygen atoms in total. The van der Waals surface area contributed by atoms with Crippen LogP contribution in [0.3, 0.4) is 0 Å². The number of methoxy groups -OCH3 is 1. The van der Waals surface area contributed by atoms with Gasteiger partial charge in [-0.05, 0) is 55.0 Å². The lowest BCUT2D eigenvalue weighted by Gasteiger charge is -2.46. The van der Waals surface area contributed by atoms with E-state index in [1.165, 1.54) is 19.2 Å².